The van der Waals surface area contributed by atoms with Gasteiger partial charge in [-0.2, -0.15) is 0 Å². The molecule has 0 radical (unpaired) electrons. The summed E-state index contributed by atoms with van der Waals surface area (Å²) in [7, 11) is -0.343. The molecule has 0 amide bonds. The van der Waals surface area contributed by atoms with Crippen LogP contribution in [-0.4, -0.2) is 18.9 Å². The van der Waals surface area contributed by atoms with Gasteiger partial charge in [-0.25, -0.2) is 0 Å². The number of carbonyl (C=O) groups is 1. The third-order valence-corrected chi connectivity index (χ3v) is 5.71. The van der Waals surface area contributed by atoms with E-state index in [9.17, 15) is 4.79 Å². The molecule has 0 aliphatic rings. The van der Waals surface area contributed by atoms with Crippen molar-refractivity contribution in [2.24, 2.45) is 0 Å². The van der Waals surface area contributed by atoms with E-state index in [-0.39, 0.29) is 7.92 Å². The Morgan fingerprint density at radius 1 is 0.591 bits per heavy atom. The molecular formula is C20H41OP. The Kier molecular flexibility index (Phi) is 17.5. The summed E-state index contributed by atoms with van der Waals surface area (Å²) in [4.78, 5) is 11.5. The lowest BCUT2D eigenvalue weighted by Gasteiger charge is -2.05. The molecule has 0 saturated carbocycles. The van der Waals surface area contributed by atoms with Crippen LogP contribution >= 0.6 is 7.92 Å². The second-order valence-electron chi connectivity index (χ2n) is 6.99. The molecule has 0 atom stereocenters. The Bertz CT molecular complexity index is 238. The van der Waals surface area contributed by atoms with Crippen LogP contribution in [0.4, 0.5) is 0 Å². The van der Waals surface area contributed by atoms with Gasteiger partial charge in [-0.05, 0) is 27.7 Å². The highest BCUT2D eigenvalue weighted by Gasteiger charge is 2.05. The zero-order valence-corrected chi connectivity index (χ0v) is 16.6. The molecule has 0 rings (SSSR count). The third kappa shape index (κ3) is 16.5. The summed E-state index contributed by atoms with van der Waals surface area (Å²) in [5.74, 6) is 0. The van der Waals surface area contributed by atoms with Crippen LogP contribution in [-0.2, 0) is 4.79 Å². The number of rotatable bonds is 17. The summed E-state index contributed by atoms with van der Waals surface area (Å²) in [5, 5.41) is 0. The first-order valence-corrected chi connectivity index (χ1v) is 12.1. The van der Waals surface area contributed by atoms with Crippen LogP contribution in [0.3, 0.4) is 0 Å². The van der Waals surface area contributed by atoms with E-state index in [4.69, 9.17) is 0 Å². The Labute approximate surface area is 141 Å². The zero-order chi connectivity index (χ0) is 16.5. The third-order valence-electron chi connectivity index (χ3n) is 4.49. The lowest BCUT2D eigenvalue weighted by Crippen LogP contribution is -1.93. The number of unbranched alkanes of at least 4 members (excludes halogenated alkanes) is 14. The predicted octanol–water partition coefficient (Wildman–Crippen LogP) is 7.52. The van der Waals surface area contributed by atoms with Crippen molar-refractivity contribution in [1.82, 2.24) is 0 Å². The van der Waals surface area contributed by atoms with Gasteiger partial charge in [-0.15, -0.1) is 0 Å². The van der Waals surface area contributed by atoms with Crippen LogP contribution in [0, 0.1) is 0 Å². The van der Waals surface area contributed by atoms with E-state index in [1.807, 2.05) is 0 Å². The summed E-state index contributed by atoms with van der Waals surface area (Å²) in [5.41, 5.74) is 0.504. The van der Waals surface area contributed by atoms with Crippen LogP contribution in [0.2, 0.25) is 0 Å². The molecule has 132 valence electrons. The highest BCUT2D eigenvalue weighted by Crippen LogP contribution is 2.28. The van der Waals surface area contributed by atoms with Gasteiger partial charge < -0.3 is 0 Å². The molecule has 0 aromatic heterocycles. The van der Waals surface area contributed by atoms with Crippen molar-refractivity contribution in [3.05, 3.63) is 0 Å². The average Bonchev–Trinajstić information content (AvgIpc) is 2.50. The lowest BCUT2D eigenvalue weighted by molar-refractivity contribution is -0.111. The minimum absolute atomic E-state index is 0.343. The van der Waals surface area contributed by atoms with E-state index in [0.717, 1.165) is 12.8 Å². The summed E-state index contributed by atoms with van der Waals surface area (Å²) in [6, 6.07) is 0. The van der Waals surface area contributed by atoms with Crippen molar-refractivity contribution in [1.29, 1.82) is 0 Å². The molecule has 0 unspecified atom stereocenters. The largest absolute Gasteiger partial charge is 0.295 e. The quantitative estimate of drug-likeness (QED) is 0.199. The van der Waals surface area contributed by atoms with Crippen LogP contribution in [0.1, 0.15) is 110 Å². The van der Waals surface area contributed by atoms with Gasteiger partial charge >= 0.3 is 0 Å². The molecular weight excluding hydrogens is 287 g/mol. The average molecular weight is 329 g/mol. The number of hydrogen-bond acceptors (Lipinski definition) is 1. The molecule has 0 fully saturated rings. The van der Waals surface area contributed by atoms with E-state index >= 15 is 0 Å². The number of hydrogen-bond donors (Lipinski definition) is 0. The Morgan fingerprint density at radius 3 is 1.23 bits per heavy atom. The van der Waals surface area contributed by atoms with Crippen LogP contribution < -0.4 is 0 Å². The molecule has 0 aliphatic heterocycles. The zero-order valence-electron chi connectivity index (χ0n) is 15.7. The maximum absolute atomic E-state index is 11.5. The molecule has 0 N–H and O–H groups in total. The van der Waals surface area contributed by atoms with Gasteiger partial charge in [-0.3, -0.25) is 4.79 Å². The van der Waals surface area contributed by atoms with Gasteiger partial charge in [0.25, 0.3) is 0 Å². The minimum atomic E-state index is -0.343. The molecule has 2 heteroatoms. The van der Waals surface area contributed by atoms with Gasteiger partial charge in [0, 0.05) is 6.42 Å². The van der Waals surface area contributed by atoms with Crippen molar-refractivity contribution >= 4 is 13.4 Å². The molecule has 0 aromatic carbocycles. The summed E-state index contributed by atoms with van der Waals surface area (Å²) in [6.45, 7) is 6.43. The lowest BCUT2D eigenvalue weighted by atomic mass is 10.0. The monoisotopic (exact) mass is 328 g/mol. The maximum atomic E-state index is 11.5. The van der Waals surface area contributed by atoms with Gasteiger partial charge in [0.1, 0.15) is 0 Å². The van der Waals surface area contributed by atoms with E-state index in [2.05, 4.69) is 20.3 Å². The fraction of sp³-hybridized carbons (Fsp3) is 0.950. The molecule has 22 heavy (non-hydrogen) atoms. The van der Waals surface area contributed by atoms with Gasteiger partial charge in [0.05, 0.1) is 0 Å². The first-order chi connectivity index (χ1) is 10.7. The van der Waals surface area contributed by atoms with Crippen LogP contribution in [0.25, 0.3) is 0 Å². The van der Waals surface area contributed by atoms with Gasteiger partial charge in [0.15, 0.2) is 5.52 Å². The minimum Gasteiger partial charge on any atom is -0.295 e. The van der Waals surface area contributed by atoms with Crippen molar-refractivity contribution in [2.75, 3.05) is 13.3 Å². The Hall–Kier alpha value is 0.100. The first-order valence-electron chi connectivity index (χ1n) is 9.88. The van der Waals surface area contributed by atoms with E-state index in [1.54, 1.807) is 0 Å². The van der Waals surface area contributed by atoms with Crippen molar-refractivity contribution in [2.45, 2.75) is 110 Å². The van der Waals surface area contributed by atoms with Gasteiger partial charge in [0.2, 0.25) is 0 Å². The molecule has 0 spiro atoms. The normalized spacial score (nSPS) is 11.3. The highest BCUT2D eigenvalue weighted by atomic mass is 31.1. The molecule has 0 bridgehead atoms. The molecule has 0 heterocycles. The van der Waals surface area contributed by atoms with Crippen LogP contribution in [0.5, 0.6) is 0 Å². The molecule has 0 saturated heterocycles. The van der Waals surface area contributed by atoms with Crippen molar-refractivity contribution in [3.63, 3.8) is 0 Å². The Balaban J connectivity index is 3.04. The smallest absolute Gasteiger partial charge is 0.153 e. The predicted molar refractivity (Wildman–Crippen MR) is 103 cm³/mol. The van der Waals surface area contributed by atoms with E-state index in [1.165, 1.54) is 89.9 Å². The highest BCUT2D eigenvalue weighted by molar-refractivity contribution is 7.73. The second-order valence-corrected chi connectivity index (χ2v) is 9.28. The molecule has 1 nitrogen and oxygen atoms in total. The number of carbonyl (C=O) groups excluding carboxylic acids is 1. The maximum Gasteiger partial charge on any atom is 0.153 e. The Morgan fingerprint density at radius 2 is 0.909 bits per heavy atom. The standard InChI is InChI=1S/C20H41OP/c1-4-5-6-7-8-9-10-11-12-13-14-15-16-17-18-19-20(21)22(2)3/h4-19H2,1-3H3. The summed E-state index contributed by atoms with van der Waals surface area (Å²) >= 11 is 0. The van der Waals surface area contributed by atoms with E-state index in [0.29, 0.717) is 5.52 Å². The van der Waals surface area contributed by atoms with Crippen molar-refractivity contribution in [3.8, 4) is 0 Å². The van der Waals surface area contributed by atoms with E-state index < -0.39 is 0 Å². The van der Waals surface area contributed by atoms with Gasteiger partial charge in [-0.1, -0.05) is 96.8 Å². The fourth-order valence-electron chi connectivity index (χ4n) is 2.87. The summed E-state index contributed by atoms with van der Waals surface area (Å²) < 4.78 is 0. The molecule has 0 aliphatic carbocycles. The topological polar surface area (TPSA) is 17.1 Å². The summed E-state index contributed by atoms with van der Waals surface area (Å²) in [6.07, 6.45) is 21.6. The van der Waals surface area contributed by atoms with Crippen molar-refractivity contribution < 1.29 is 4.79 Å². The first kappa shape index (κ1) is 22.1. The fourth-order valence-corrected chi connectivity index (χ4v) is 3.48. The molecule has 0 aromatic rings. The van der Waals surface area contributed by atoms with Crippen LogP contribution in [0.15, 0.2) is 0 Å². The second kappa shape index (κ2) is 17.5. The SMILES string of the molecule is CCCCCCCCCCCCCCCCCC(=O)P(C)C.